The lowest BCUT2D eigenvalue weighted by molar-refractivity contribution is -0.696. The van der Waals surface area contributed by atoms with Gasteiger partial charge in [0.25, 0.3) is 0 Å². The Morgan fingerprint density at radius 2 is 1.27 bits per heavy atom. The summed E-state index contributed by atoms with van der Waals surface area (Å²) in [6.07, 6.45) is 19.4. The maximum atomic E-state index is 5.50. The van der Waals surface area contributed by atoms with Gasteiger partial charge in [-0.3, -0.25) is 0 Å². The van der Waals surface area contributed by atoms with Crippen LogP contribution in [0.3, 0.4) is 0 Å². The molecule has 0 amide bonds. The number of hydrogen-bond acceptors (Lipinski definition) is 2. The molecule has 0 aliphatic rings. The van der Waals surface area contributed by atoms with Crippen LogP contribution in [0, 0.1) is 0 Å². The maximum absolute atomic E-state index is 5.50. The van der Waals surface area contributed by atoms with E-state index in [0.717, 1.165) is 26.2 Å². The standard InChI is InChI=1S/C17H35N4.BrH/c18-11-7-3-1-5-9-13-20-15-16-21(17-20)14-10-6-2-4-8-12-19;/h15-17H,1-14,18-19H2;1H/q+1;/p-1. The van der Waals surface area contributed by atoms with Crippen LogP contribution in [-0.4, -0.2) is 17.7 Å². The Bertz CT molecular complexity index is 311. The van der Waals surface area contributed by atoms with E-state index in [1.807, 2.05) is 0 Å². The molecule has 0 fully saturated rings. The summed E-state index contributed by atoms with van der Waals surface area (Å²) in [6.45, 7) is 3.96. The summed E-state index contributed by atoms with van der Waals surface area (Å²) in [7, 11) is 0. The Morgan fingerprint density at radius 3 is 1.91 bits per heavy atom. The zero-order chi connectivity index (χ0) is 15.2. The number of hydrogen-bond donors (Lipinski definition) is 2. The summed E-state index contributed by atoms with van der Waals surface area (Å²) in [5, 5.41) is 0. The van der Waals surface area contributed by atoms with E-state index >= 15 is 0 Å². The minimum absolute atomic E-state index is 0. The topological polar surface area (TPSA) is 60.8 Å². The lowest BCUT2D eigenvalue weighted by Gasteiger charge is -1.99. The van der Waals surface area contributed by atoms with Crippen LogP contribution in [0.4, 0.5) is 0 Å². The number of unbranched alkanes of at least 4 members (excludes halogenated alkanes) is 8. The van der Waals surface area contributed by atoms with Crippen molar-refractivity contribution < 1.29 is 21.5 Å². The van der Waals surface area contributed by atoms with Crippen LogP contribution in [0.15, 0.2) is 18.7 Å². The Kier molecular flexibility index (Phi) is 15.2. The Hall–Kier alpha value is -0.390. The third-order valence-corrected chi connectivity index (χ3v) is 3.99. The lowest BCUT2D eigenvalue weighted by atomic mass is 10.1. The summed E-state index contributed by atoms with van der Waals surface area (Å²) < 4.78 is 4.63. The quantitative estimate of drug-likeness (QED) is 0.343. The molecule has 0 unspecified atom stereocenters. The largest absolute Gasteiger partial charge is 1.00 e. The molecular weight excluding hydrogens is 340 g/mol. The van der Waals surface area contributed by atoms with Crippen LogP contribution in [0.5, 0.6) is 0 Å². The van der Waals surface area contributed by atoms with Gasteiger partial charge in [-0.25, -0.2) is 9.13 Å². The fourth-order valence-electron chi connectivity index (χ4n) is 2.64. The summed E-state index contributed by atoms with van der Waals surface area (Å²) in [6, 6.07) is 0. The van der Waals surface area contributed by atoms with E-state index in [4.69, 9.17) is 11.5 Å². The van der Waals surface area contributed by atoms with Crippen molar-refractivity contribution in [3.8, 4) is 0 Å². The molecule has 130 valence electrons. The van der Waals surface area contributed by atoms with Crippen molar-refractivity contribution in [3.63, 3.8) is 0 Å². The van der Waals surface area contributed by atoms with Crippen LogP contribution < -0.4 is 33.0 Å². The molecule has 0 atom stereocenters. The zero-order valence-corrected chi connectivity index (χ0v) is 15.6. The van der Waals surface area contributed by atoms with Crippen molar-refractivity contribution in [2.75, 3.05) is 13.1 Å². The van der Waals surface area contributed by atoms with Gasteiger partial charge < -0.3 is 28.4 Å². The van der Waals surface area contributed by atoms with Crippen LogP contribution in [0.2, 0.25) is 0 Å². The van der Waals surface area contributed by atoms with Crippen molar-refractivity contribution in [2.24, 2.45) is 11.5 Å². The molecule has 1 heterocycles. The first-order valence-electron chi connectivity index (χ1n) is 8.82. The number of aromatic nitrogens is 2. The molecule has 0 radical (unpaired) electrons. The van der Waals surface area contributed by atoms with Gasteiger partial charge in [-0.2, -0.15) is 0 Å². The lowest BCUT2D eigenvalue weighted by Crippen LogP contribution is -3.00. The highest BCUT2D eigenvalue weighted by Crippen LogP contribution is 2.04. The Morgan fingerprint density at radius 1 is 0.727 bits per heavy atom. The average Bonchev–Trinajstić information content (AvgIpc) is 2.94. The molecule has 5 heteroatoms. The van der Waals surface area contributed by atoms with Gasteiger partial charge in [-0.05, 0) is 51.6 Å². The van der Waals surface area contributed by atoms with Crippen LogP contribution >= 0.6 is 0 Å². The highest BCUT2D eigenvalue weighted by molar-refractivity contribution is 4.66. The summed E-state index contributed by atoms with van der Waals surface area (Å²) in [4.78, 5) is 0. The van der Waals surface area contributed by atoms with Gasteiger partial charge in [-0.1, -0.05) is 25.7 Å². The first-order chi connectivity index (χ1) is 10.4. The van der Waals surface area contributed by atoms with E-state index in [-0.39, 0.29) is 17.0 Å². The molecule has 0 aliphatic heterocycles. The molecule has 4 N–H and O–H groups in total. The fourth-order valence-corrected chi connectivity index (χ4v) is 2.64. The second kappa shape index (κ2) is 15.5. The van der Waals surface area contributed by atoms with Crippen LogP contribution in [0.1, 0.15) is 64.2 Å². The minimum Gasteiger partial charge on any atom is -1.00 e. The first kappa shape index (κ1) is 21.6. The minimum atomic E-state index is 0. The number of halogens is 1. The molecule has 0 saturated heterocycles. The molecular formula is C17H35BrN4. The normalized spacial score (nSPS) is 10.6. The molecule has 22 heavy (non-hydrogen) atoms. The molecule has 1 rings (SSSR count). The van der Waals surface area contributed by atoms with Crippen LogP contribution in [-0.2, 0) is 13.1 Å². The van der Waals surface area contributed by atoms with Crippen molar-refractivity contribution in [1.82, 2.24) is 4.57 Å². The second-order valence-corrected chi connectivity index (χ2v) is 6.00. The SMILES string of the molecule is NCCCCCCCn1cc[n+](CCCCCCCN)c1.[Br-]. The van der Waals surface area contributed by atoms with E-state index in [1.54, 1.807) is 0 Å². The molecule has 0 aromatic carbocycles. The maximum Gasteiger partial charge on any atom is 0.243 e. The van der Waals surface area contributed by atoms with E-state index < -0.39 is 0 Å². The number of nitrogens with zero attached hydrogens (tertiary/aromatic N) is 2. The highest BCUT2D eigenvalue weighted by Gasteiger charge is 2.03. The summed E-state index contributed by atoms with van der Waals surface area (Å²) >= 11 is 0. The summed E-state index contributed by atoms with van der Waals surface area (Å²) in [5.74, 6) is 0. The van der Waals surface area contributed by atoms with Crippen molar-refractivity contribution in [1.29, 1.82) is 0 Å². The van der Waals surface area contributed by atoms with Crippen molar-refractivity contribution in [3.05, 3.63) is 18.7 Å². The van der Waals surface area contributed by atoms with Crippen molar-refractivity contribution >= 4 is 0 Å². The van der Waals surface area contributed by atoms with E-state index in [9.17, 15) is 0 Å². The average molecular weight is 375 g/mol. The van der Waals surface area contributed by atoms with E-state index in [1.165, 1.54) is 64.2 Å². The highest BCUT2D eigenvalue weighted by atomic mass is 79.9. The third kappa shape index (κ3) is 11.2. The molecule has 4 nitrogen and oxygen atoms in total. The van der Waals surface area contributed by atoms with Gasteiger partial charge in [0.2, 0.25) is 6.33 Å². The van der Waals surface area contributed by atoms with E-state index in [2.05, 4.69) is 27.9 Å². The smallest absolute Gasteiger partial charge is 0.243 e. The fraction of sp³-hybridized carbons (Fsp3) is 0.824. The van der Waals surface area contributed by atoms with Gasteiger partial charge in [0, 0.05) is 0 Å². The van der Waals surface area contributed by atoms with Crippen molar-refractivity contribution in [2.45, 2.75) is 77.3 Å². The van der Waals surface area contributed by atoms with Gasteiger partial charge in [0.05, 0.1) is 13.1 Å². The van der Waals surface area contributed by atoms with Gasteiger partial charge in [0.1, 0.15) is 12.4 Å². The zero-order valence-electron chi connectivity index (χ0n) is 14.1. The number of aryl methyl sites for hydroxylation is 2. The monoisotopic (exact) mass is 374 g/mol. The van der Waals surface area contributed by atoms with Gasteiger partial charge >= 0.3 is 0 Å². The molecule has 0 saturated carbocycles. The first-order valence-corrected chi connectivity index (χ1v) is 8.82. The molecule has 0 bridgehead atoms. The third-order valence-electron chi connectivity index (χ3n) is 3.99. The molecule has 1 aromatic rings. The Balaban J connectivity index is 0.00000441. The Labute approximate surface area is 147 Å². The number of imidazole rings is 1. The predicted octanol–water partition coefficient (Wildman–Crippen LogP) is -0.402. The molecule has 0 aliphatic carbocycles. The van der Waals surface area contributed by atoms with Gasteiger partial charge in [-0.15, -0.1) is 0 Å². The van der Waals surface area contributed by atoms with Gasteiger partial charge in [0.15, 0.2) is 0 Å². The van der Waals surface area contributed by atoms with E-state index in [0.29, 0.717) is 0 Å². The van der Waals surface area contributed by atoms with Crippen LogP contribution in [0.25, 0.3) is 0 Å². The molecule has 1 aromatic heterocycles. The second-order valence-electron chi connectivity index (χ2n) is 6.00. The molecule has 0 spiro atoms. The predicted molar refractivity (Wildman–Crippen MR) is 88.9 cm³/mol. The summed E-state index contributed by atoms with van der Waals surface area (Å²) in [5.41, 5.74) is 11.0. The number of rotatable bonds is 14. The number of nitrogens with two attached hydrogens (primary N) is 2.